The van der Waals surface area contributed by atoms with Crippen molar-refractivity contribution in [3.8, 4) is 12.3 Å². The number of amides is 2. The maximum absolute atomic E-state index is 11.6. The number of carboxylic acids is 1. The Bertz CT molecular complexity index is 553. The minimum Gasteiger partial charge on any atom is -0.478 e. The van der Waals surface area contributed by atoms with Gasteiger partial charge in [-0.15, -0.1) is 12.3 Å². The minimum absolute atomic E-state index is 0.0200. The molecule has 0 unspecified atom stereocenters. The molecule has 0 radical (unpaired) electrons. The first-order valence-corrected chi connectivity index (χ1v) is 6.75. The molecule has 2 amide bonds. The fourth-order valence-electron chi connectivity index (χ4n) is 1.28. The maximum Gasteiger partial charge on any atom is 0.337 e. The number of urea groups is 1. The Balaban J connectivity index is 2.91. The zero-order valence-electron chi connectivity index (χ0n) is 9.67. The largest absolute Gasteiger partial charge is 0.478 e. The number of carbonyl (C=O) groups excluding carboxylic acids is 1. The fraction of sp³-hybridized carbons (Fsp3) is 0.167. The first kappa shape index (κ1) is 15.5. The molecular weight excluding hydrogens is 380 g/mol. The third kappa shape index (κ3) is 4.58. The van der Waals surface area contributed by atoms with Crippen LogP contribution in [0.25, 0.3) is 0 Å². The highest BCUT2D eigenvalue weighted by atomic mass is 79.9. The van der Waals surface area contributed by atoms with Crippen LogP contribution < -0.4 is 10.6 Å². The molecule has 0 saturated carbocycles. The molecule has 0 spiro atoms. The monoisotopic (exact) mass is 388 g/mol. The number of hydrogen-bond donors (Lipinski definition) is 3. The number of hydrogen-bond acceptors (Lipinski definition) is 2. The van der Waals surface area contributed by atoms with E-state index in [-0.39, 0.29) is 11.3 Å². The van der Waals surface area contributed by atoms with E-state index < -0.39 is 12.0 Å². The van der Waals surface area contributed by atoms with Crippen molar-refractivity contribution in [1.29, 1.82) is 0 Å². The third-order valence-corrected chi connectivity index (χ3v) is 3.16. The van der Waals surface area contributed by atoms with Gasteiger partial charge in [0, 0.05) is 21.9 Å². The van der Waals surface area contributed by atoms with Crippen LogP contribution in [0.2, 0.25) is 0 Å². The van der Waals surface area contributed by atoms with Crippen LogP contribution in [-0.4, -0.2) is 23.7 Å². The molecule has 100 valence electrons. The lowest BCUT2D eigenvalue weighted by Gasteiger charge is -2.12. The molecule has 0 bridgehead atoms. The molecule has 5 nitrogen and oxygen atoms in total. The smallest absolute Gasteiger partial charge is 0.337 e. The molecule has 0 aliphatic rings. The van der Waals surface area contributed by atoms with Gasteiger partial charge in [-0.1, -0.05) is 15.9 Å². The second kappa shape index (κ2) is 7.16. The van der Waals surface area contributed by atoms with E-state index in [1.165, 1.54) is 6.07 Å². The van der Waals surface area contributed by atoms with Crippen molar-refractivity contribution < 1.29 is 14.7 Å². The van der Waals surface area contributed by atoms with Crippen LogP contribution in [-0.2, 0) is 0 Å². The molecule has 19 heavy (non-hydrogen) atoms. The number of rotatable bonds is 4. The van der Waals surface area contributed by atoms with Gasteiger partial charge < -0.3 is 15.7 Å². The van der Waals surface area contributed by atoms with Gasteiger partial charge in [-0.25, -0.2) is 9.59 Å². The summed E-state index contributed by atoms with van der Waals surface area (Å²) in [5.41, 5.74) is 0.169. The SMILES string of the molecule is C#CCCNC(=O)Nc1c(Br)cc(Br)cc1C(=O)O. The van der Waals surface area contributed by atoms with E-state index in [0.717, 1.165) is 0 Å². The Labute approximate surface area is 127 Å². The summed E-state index contributed by atoms with van der Waals surface area (Å²) >= 11 is 6.40. The highest BCUT2D eigenvalue weighted by molar-refractivity contribution is 9.11. The Kier molecular flexibility index (Phi) is 5.86. The van der Waals surface area contributed by atoms with E-state index in [2.05, 4.69) is 48.4 Å². The Hall–Kier alpha value is -1.52. The van der Waals surface area contributed by atoms with Crippen molar-refractivity contribution in [3.05, 3.63) is 26.6 Å². The second-order valence-corrected chi connectivity index (χ2v) is 5.22. The number of aromatic carboxylic acids is 1. The van der Waals surface area contributed by atoms with Crippen LogP contribution in [0.3, 0.4) is 0 Å². The summed E-state index contributed by atoms with van der Waals surface area (Å²) in [6, 6.07) is 2.54. The Morgan fingerprint density at radius 3 is 2.63 bits per heavy atom. The van der Waals surface area contributed by atoms with Gasteiger partial charge in [-0.2, -0.15) is 0 Å². The molecule has 0 heterocycles. The number of carboxylic acid groups (broad SMARTS) is 1. The van der Waals surface area contributed by atoms with Gasteiger partial charge in [-0.05, 0) is 28.1 Å². The summed E-state index contributed by atoms with van der Waals surface area (Å²) < 4.78 is 1.06. The van der Waals surface area contributed by atoms with Crippen molar-refractivity contribution in [2.45, 2.75) is 6.42 Å². The van der Waals surface area contributed by atoms with E-state index in [0.29, 0.717) is 21.9 Å². The van der Waals surface area contributed by atoms with Crippen molar-refractivity contribution in [2.75, 3.05) is 11.9 Å². The molecule has 3 N–H and O–H groups in total. The topological polar surface area (TPSA) is 78.4 Å². The first-order valence-electron chi connectivity index (χ1n) is 5.16. The van der Waals surface area contributed by atoms with E-state index in [9.17, 15) is 9.59 Å². The Morgan fingerprint density at radius 1 is 1.37 bits per heavy atom. The number of nitrogens with one attached hydrogen (secondary N) is 2. The highest BCUT2D eigenvalue weighted by Gasteiger charge is 2.16. The van der Waals surface area contributed by atoms with E-state index in [4.69, 9.17) is 11.5 Å². The molecule has 7 heteroatoms. The van der Waals surface area contributed by atoms with Crippen LogP contribution >= 0.6 is 31.9 Å². The number of carbonyl (C=O) groups is 2. The van der Waals surface area contributed by atoms with Gasteiger partial charge in [0.15, 0.2) is 0 Å². The van der Waals surface area contributed by atoms with Gasteiger partial charge in [0.1, 0.15) is 0 Å². The predicted molar refractivity (Wildman–Crippen MR) is 79.3 cm³/mol. The lowest BCUT2D eigenvalue weighted by Crippen LogP contribution is -2.30. The normalized spacial score (nSPS) is 9.53. The molecule has 0 saturated heterocycles. The van der Waals surface area contributed by atoms with Crippen LogP contribution in [0.15, 0.2) is 21.1 Å². The van der Waals surface area contributed by atoms with E-state index >= 15 is 0 Å². The highest BCUT2D eigenvalue weighted by Crippen LogP contribution is 2.30. The molecule has 1 rings (SSSR count). The van der Waals surface area contributed by atoms with Gasteiger partial charge in [-0.3, -0.25) is 0 Å². The first-order chi connectivity index (χ1) is 8.95. The van der Waals surface area contributed by atoms with Crippen molar-refractivity contribution in [3.63, 3.8) is 0 Å². The minimum atomic E-state index is -1.14. The standard InChI is InChI=1S/C12H10Br2N2O3/c1-2-3-4-15-12(19)16-10-8(11(17)18)5-7(13)6-9(10)14/h1,5-6H,3-4H2,(H,17,18)(H2,15,16,19). The van der Waals surface area contributed by atoms with Crippen LogP contribution in [0.1, 0.15) is 16.8 Å². The zero-order valence-corrected chi connectivity index (χ0v) is 12.8. The second-order valence-electron chi connectivity index (χ2n) is 3.45. The number of benzene rings is 1. The average Bonchev–Trinajstić information content (AvgIpc) is 2.32. The van der Waals surface area contributed by atoms with Crippen molar-refractivity contribution >= 4 is 49.5 Å². The van der Waals surface area contributed by atoms with Gasteiger partial charge in [0.2, 0.25) is 0 Å². The van der Waals surface area contributed by atoms with E-state index in [1.807, 2.05) is 0 Å². The van der Waals surface area contributed by atoms with Crippen molar-refractivity contribution in [2.24, 2.45) is 0 Å². The lowest BCUT2D eigenvalue weighted by atomic mass is 10.2. The summed E-state index contributed by atoms with van der Waals surface area (Å²) in [6.45, 7) is 0.318. The predicted octanol–water partition coefficient (Wildman–Crippen LogP) is 3.05. The molecule has 0 atom stereocenters. The summed E-state index contributed by atoms with van der Waals surface area (Å²) in [6.07, 6.45) is 5.46. The fourth-order valence-corrected chi connectivity index (χ4v) is 2.60. The molecular formula is C12H10Br2N2O3. The van der Waals surface area contributed by atoms with Crippen LogP contribution in [0.5, 0.6) is 0 Å². The van der Waals surface area contributed by atoms with Crippen LogP contribution in [0.4, 0.5) is 10.5 Å². The summed E-state index contributed by atoms with van der Waals surface area (Å²) in [4.78, 5) is 22.7. The Morgan fingerprint density at radius 2 is 2.05 bits per heavy atom. The van der Waals surface area contributed by atoms with Crippen molar-refractivity contribution in [1.82, 2.24) is 5.32 Å². The molecule has 1 aromatic carbocycles. The number of anilines is 1. The summed E-state index contributed by atoms with van der Waals surface area (Å²) in [5.74, 6) is 1.25. The molecule has 0 fully saturated rings. The molecule has 0 aliphatic carbocycles. The van der Waals surface area contributed by atoms with Crippen LogP contribution in [0, 0.1) is 12.3 Å². The summed E-state index contributed by atoms with van der Waals surface area (Å²) in [5, 5.41) is 14.1. The van der Waals surface area contributed by atoms with E-state index in [1.54, 1.807) is 6.07 Å². The molecule has 0 aromatic heterocycles. The van der Waals surface area contributed by atoms with Gasteiger partial charge in [0.25, 0.3) is 0 Å². The number of terminal acetylenes is 1. The molecule has 1 aromatic rings. The maximum atomic E-state index is 11.6. The number of halogens is 2. The average molecular weight is 390 g/mol. The molecule has 0 aliphatic heterocycles. The van der Waals surface area contributed by atoms with Gasteiger partial charge >= 0.3 is 12.0 Å². The third-order valence-electron chi connectivity index (χ3n) is 2.08. The lowest BCUT2D eigenvalue weighted by molar-refractivity contribution is 0.0698. The zero-order chi connectivity index (χ0) is 14.4. The quantitative estimate of drug-likeness (QED) is 0.547. The summed E-state index contributed by atoms with van der Waals surface area (Å²) in [7, 11) is 0. The van der Waals surface area contributed by atoms with Gasteiger partial charge in [0.05, 0.1) is 11.3 Å².